The third kappa shape index (κ3) is 3.89. The van der Waals surface area contributed by atoms with Gasteiger partial charge in [-0.1, -0.05) is 11.6 Å². The van der Waals surface area contributed by atoms with E-state index in [9.17, 15) is 9.59 Å². The van der Waals surface area contributed by atoms with Gasteiger partial charge in [-0.15, -0.1) is 11.3 Å². The Labute approximate surface area is 137 Å². The maximum atomic E-state index is 12.4. The zero-order valence-corrected chi connectivity index (χ0v) is 13.9. The Balaban J connectivity index is 2.12. The number of nitrogens with one attached hydrogen (secondary N) is 1. The van der Waals surface area contributed by atoms with Gasteiger partial charge in [-0.2, -0.15) is 0 Å². The smallest absolute Gasteiger partial charge is 0.336 e. The number of nitrogens with zero attached hydrogens (tertiary/aromatic N) is 2. The molecule has 122 valence electrons. The summed E-state index contributed by atoms with van der Waals surface area (Å²) in [5.74, 6) is -0.458. The van der Waals surface area contributed by atoms with Crippen LogP contribution in [-0.4, -0.2) is 55.3 Å². The van der Waals surface area contributed by atoms with E-state index in [1.165, 1.54) is 16.3 Å². The Bertz CT molecular complexity index is 539. The SMILES string of the molecule is CCOC(=O)CN1NC(c2ccc(Cl)s2)N(CCOC)C1=O. The van der Waals surface area contributed by atoms with E-state index in [-0.39, 0.29) is 25.3 Å². The molecule has 1 aromatic rings. The number of carbonyl (C=O) groups is 2. The molecular formula is C13H18ClN3O4S. The van der Waals surface area contributed by atoms with Gasteiger partial charge in [0.1, 0.15) is 12.7 Å². The molecule has 0 aliphatic carbocycles. The molecule has 0 bridgehead atoms. The minimum atomic E-state index is -0.458. The largest absolute Gasteiger partial charge is 0.465 e. The van der Waals surface area contributed by atoms with Crippen LogP contribution in [-0.2, 0) is 14.3 Å². The van der Waals surface area contributed by atoms with Crippen molar-refractivity contribution in [3.05, 3.63) is 21.3 Å². The highest BCUT2D eigenvalue weighted by Gasteiger charge is 2.39. The quantitative estimate of drug-likeness (QED) is 0.762. The standard InChI is InChI=1S/C13H18ClN3O4S/c1-3-21-11(18)8-17-13(19)16(6-7-20-2)12(15-17)9-4-5-10(14)22-9/h4-5,12,15H,3,6-8H2,1-2H3. The van der Waals surface area contributed by atoms with Crippen molar-refractivity contribution in [2.75, 3.05) is 33.4 Å². The predicted octanol–water partition coefficient (Wildman–Crippen LogP) is 1.85. The number of hydrogen-bond donors (Lipinski definition) is 1. The van der Waals surface area contributed by atoms with Gasteiger partial charge in [-0.25, -0.2) is 15.2 Å². The number of carbonyl (C=O) groups excluding carboxylic acids is 2. The number of amides is 2. The van der Waals surface area contributed by atoms with Crippen molar-refractivity contribution < 1.29 is 19.1 Å². The van der Waals surface area contributed by atoms with Crippen molar-refractivity contribution in [1.82, 2.24) is 15.3 Å². The van der Waals surface area contributed by atoms with Crippen LogP contribution in [0.2, 0.25) is 4.34 Å². The van der Waals surface area contributed by atoms with E-state index in [1.807, 2.05) is 6.07 Å². The van der Waals surface area contributed by atoms with E-state index in [2.05, 4.69) is 5.43 Å². The summed E-state index contributed by atoms with van der Waals surface area (Å²) in [6.07, 6.45) is -0.366. The second kappa shape index (κ2) is 7.77. The highest BCUT2D eigenvalue weighted by molar-refractivity contribution is 7.16. The van der Waals surface area contributed by atoms with Crippen LogP contribution in [0.5, 0.6) is 0 Å². The zero-order valence-electron chi connectivity index (χ0n) is 12.4. The van der Waals surface area contributed by atoms with Crippen molar-refractivity contribution in [3.63, 3.8) is 0 Å². The molecule has 0 aromatic carbocycles. The molecule has 1 saturated heterocycles. The predicted molar refractivity (Wildman–Crippen MR) is 82.5 cm³/mol. The maximum absolute atomic E-state index is 12.4. The minimum Gasteiger partial charge on any atom is -0.465 e. The number of hydrazine groups is 1. The van der Waals surface area contributed by atoms with Gasteiger partial charge in [-0.05, 0) is 19.1 Å². The summed E-state index contributed by atoms with van der Waals surface area (Å²) in [7, 11) is 1.57. The monoisotopic (exact) mass is 347 g/mol. The first-order chi connectivity index (χ1) is 10.6. The van der Waals surface area contributed by atoms with Gasteiger partial charge < -0.3 is 9.47 Å². The van der Waals surface area contributed by atoms with Gasteiger partial charge in [0.15, 0.2) is 0 Å². The summed E-state index contributed by atoms with van der Waals surface area (Å²) in [5, 5.41) is 1.26. The number of thiophene rings is 1. The number of ether oxygens (including phenoxy) is 2. The third-order valence-corrected chi connectivity index (χ3v) is 4.34. The van der Waals surface area contributed by atoms with Gasteiger partial charge in [0.2, 0.25) is 0 Å². The summed E-state index contributed by atoms with van der Waals surface area (Å²) in [4.78, 5) is 26.5. The fraction of sp³-hybridized carbons (Fsp3) is 0.538. The lowest BCUT2D eigenvalue weighted by atomic mass is 10.3. The van der Waals surface area contributed by atoms with Crippen LogP contribution in [0.1, 0.15) is 18.0 Å². The lowest BCUT2D eigenvalue weighted by Gasteiger charge is -2.20. The van der Waals surface area contributed by atoms with Crippen molar-refractivity contribution in [3.8, 4) is 0 Å². The number of hydrogen-bond acceptors (Lipinski definition) is 6. The average molecular weight is 348 g/mol. The molecule has 2 amide bonds. The molecule has 1 aliphatic heterocycles. The third-order valence-electron chi connectivity index (χ3n) is 3.06. The highest BCUT2D eigenvalue weighted by atomic mass is 35.5. The van der Waals surface area contributed by atoms with E-state index < -0.39 is 5.97 Å². The average Bonchev–Trinajstić information content (AvgIpc) is 3.02. The second-order valence-corrected chi connectivity index (χ2v) is 6.28. The Morgan fingerprint density at radius 2 is 2.27 bits per heavy atom. The van der Waals surface area contributed by atoms with Crippen LogP contribution in [0, 0.1) is 0 Å². The number of halogens is 1. The molecule has 2 heterocycles. The summed E-state index contributed by atoms with van der Waals surface area (Å²) in [6, 6.07) is 3.33. The summed E-state index contributed by atoms with van der Waals surface area (Å²) in [5.41, 5.74) is 3.02. The number of esters is 1. The lowest BCUT2D eigenvalue weighted by molar-refractivity contribution is -0.144. The van der Waals surface area contributed by atoms with Crippen molar-refractivity contribution >= 4 is 34.9 Å². The first kappa shape index (κ1) is 17.0. The summed E-state index contributed by atoms with van der Waals surface area (Å²) in [6.45, 7) is 2.65. The molecule has 0 radical (unpaired) electrons. The van der Waals surface area contributed by atoms with Crippen molar-refractivity contribution in [1.29, 1.82) is 0 Å². The Morgan fingerprint density at radius 1 is 1.50 bits per heavy atom. The molecular weight excluding hydrogens is 330 g/mol. The van der Waals surface area contributed by atoms with Gasteiger partial charge in [-0.3, -0.25) is 9.69 Å². The van der Waals surface area contributed by atoms with E-state index in [4.69, 9.17) is 21.1 Å². The van der Waals surface area contributed by atoms with Crippen molar-refractivity contribution in [2.45, 2.75) is 13.1 Å². The Hall–Kier alpha value is -1.35. The lowest BCUT2D eigenvalue weighted by Crippen LogP contribution is -2.40. The Morgan fingerprint density at radius 3 is 2.86 bits per heavy atom. The number of urea groups is 1. The van der Waals surface area contributed by atoms with Crippen molar-refractivity contribution in [2.24, 2.45) is 0 Å². The second-order valence-electron chi connectivity index (χ2n) is 4.53. The molecule has 0 spiro atoms. The number of methoxy groups -OCH3 is 1. The number of rotatable bonds is 7. The Kier molecular flexibility index (Phi) is 6.01. The molecule has 9 heteroatoms. The fourth-order valence-corrected chi connectivity index (χ4v) is 3.21. The van der Waals surface area contributed by atoms with E-state index in [1.54, 1.807) is 25.0 Å². The molecule has 1 atom stereocenters. The fourth-order valence-electron chi connectivity index (χ4n) is 2.09. The molecule has 22 heavy (non-hydrogen) atoms. The van der Waals surface area contributed by atoms with Crippen LogP contribution >= 0.6 is 22.9 Å². The molecule has 1 N–H and O–H groups in total. The van der Waals surface area contributed by atoms with Gasteiger partial charge in [0, 0.05) is 18.5 Å². The van der Waals surface area contributed by atoms with Gasteiger partial charge >= 0.3 is 12.0 Å². The van der Waals surface area contributed by atoms with Crippen LogP contribution in [0.3, 0.4) is 0 Å². The first-order valence-corrected chi connectivity index (χ1v) is 8.00. The van der Waals surface area contributed by atoms with Gasteiger partial charge in [0.25, 0.3) is 0 Å². The zero-order chi connectivity index (χ0) is 16.1. The van der Waals surface area contributed by atoms with Gasteiger partial charge in [0.05, 0.1) is 17.6 Å². The molecule has 7 nitrogen and oxygen atoms in total. The molecule has 1 unspecified atom stereocenters. The molecule has 2 rings (SSSR count). The van der Waals surface area contributed by atoms with Crippen LogP contribution < -0.4 is 5.43 Å². The summed E-state index contributed by atoms with van der Waals surface area (Å²) >= 11 is 7.34. The van der Waals surface area contributed by atoms with E-state index >= 15 is 0 Å². The molecule has 1 fully saturated rings. The maximum Gasteiger partial charge on any atom is 0.336 e. The van der Waals surface area contributed by atoms with E-state index in [0.29, 0.717) is 17.5 Å². The normalized spacial score (nSPS) is 18.1. The van der Waals surface area contributed by atoms with Crippen LogP contribution in [0.4, 0.5) is 4.79 Å². The molecule has 1 aromatic heterocycles. The highest BCUT2D eigenvalue weighted by Crippen LogP contribution is 2.32. The van der Waals surface area contributed by atoms with Crippen LogP contribution in [0.15, 0.2) is 12.1 Å². The molecule has 1 aliphatic rings. The summed E-state index contributed by atoms with van der Waals surface area (Å²) < 4.78 is 10.6. The minimum absolute atomic E-state index is 0.147. The first-order valence-electron chi connectivity index (χ1n) is 6.81. The van der Waals surface area contributed by atoms with E-state index in [0.717, 1.165) is 4.88 Å². The topological polar surface area (TPSA) is 71.1 Å². The van der Waals surface area contributed by atoms with Crippen LogP contribution in [0.25, 0.3) is 0 Å². The molecule has 0 saturated carbocycles.